The zero-order chi connectivity index (χ0) is 22.5. The summed E-state index contributed by atoms with van der Waals surface area (Å²) in [5, 5.41) is 14.7. The number of thioether (sulfide) groups is 1. The van der Waals surface area contributed by atoms with E-state index in [0.29, 0.717) is 5.75 Å². The predicted molar refractivity (Wildman–Crippen MR) is 127 cm³/mol. The van der Waals surface area contributed by atoms with Gasteiger partial charge in [0.1, 0.15) is 16.5 Å². The molecule has 162 valence electrons. The second-order valence-corrected chi connectivity index (χ2v) is 8.56. The monoisotopic (exact) mass is 465 g/mol. The maximum atomic E-state index is 11.0. The molecule has 2 aromatic carbocycles. The Kier molecular flexibility index (Phi) is 6.67. The summed E-state index contributed by atoms with van der Waals surface area (Å²) >= 11 is 3.06. The summed E-state index contributed by atoms with van der Waals surface area (Å²) in [4.78, 5) is 19.8. The van der Waals surface area contributed by atoms with Gasteiger partial charge in [0.25, 0.3) is 5.69 Å². The average Bonchev–Trinajstić information content (AvgIpc) is 3.33. The van der Waals surface area contributed by atoms with Crippen LogP contribution in [0, 0.1) is 10.1 Å². The molecule has 4 aromatic rings. The number of methoxy groups -OCH3 is 2. The van der Waals surface area contributed by atoms with Crippen molar-refractivity contribution in [1.82, 2.24) is 9.97 Å². The van der Waals surface area contributed by atoms with Crippen molar-refractivity contribution in [2.45, 2.75) is 10.8 Å². The van der Waals surface area contributed by atoms with Crippen LogP contribution < -0.4 is 9.47 Å². The van der Waals surface area contributed by atoms with Crippen molar-refractivity contribution in [3.8, 4) is 33.3 Å². The van der Waals surface area contributed by atoms with Crippen LogP contribution in [0.15, 0.2) is 71.2 Å². The number of rotatable bonds is 8. The van der Waals surface area contributed by atoms with Crippen LogP contribution in [-0.4, -0.2) is 29.1 Å². The van der Waals surface area contributed by atoms with E-state index in [1.807, 2.05) is 41.8 Å². The van der Waals surface area contributed by atoms with Crippen molar-refractivity contribution in [2.24, 2.45) is 0 Å². The quantitative estimate of drug-likeness (QED) is 0.177. The van der Waals surface area contributed by atoms with Gasteiger partial charge in [-0.15, -0.1) is 23.1 Å². The first-order chi connectivity index (χ1) is 15.6. The number of thiazole rings is 1. The predicted octanol–water partition coefficient (Wildman–Crippen LogP) is 6.09. The lowest BCUT2D eigenvalue weighted by Crippen LogP contribution is -1.91. The van der Waals surface area contributed by atoms with E-state index in [1.54, 1.807) is 32.5 Å². The van der Waals surface area contributed by atoms with E-state index in [-0.39, 0.29) is 10.6 Å². The van der Waals surface area contributed by atoms with E-state index in [0.717, 1.165) is 43.9 Å². The van der Waals surface area contributed by atoms with Crippen LogP contribution in [0.4, 0.5) is 5.69 Å². The lowest BCUT2D eigenvalue weighted by Gasteiger charge is -2.08. The fraction of sp³-hybridized carbons (Fsp3) is 0.130. The van der Waals surface area contributed by atoms with Crippen molar-refractivity contribution in [3.63, 3.8) is 0 Å². The molecule has 0 amide bonds. The molecule has 0 saturated carbocycles. The number of nitrogens with zero attached hydrogens (tertiary/aromatic N) is 3. The molecule has 32 heavy (non-hydrogen) atoms. The summed E-state index contributed by atoms with van der Waals surface area (Å²) in [5.74, 6) is 2.05. The molecular formula is C23H19N3O4S2. The Balaban J connectivity index is 1.54. The minimum absolute atomic E-state index is 0.0908. The molecule has 9 heteroatoms. The second kappa shape index (κ2) is 9.80. The highest BCUT2D eigenvalue weighted by Gasteiger charge is 2.13. The van der Waals surface area contributed by atoms with Crippen molar-refractivity contribution >= 4 is 28.8 Å². The molecule has 0 N–H and O–H groups in total. The molecule has 0 fully saturated rings. The third-order valence-corrected chi connectivity index (χ3v) is 6.56. The van der Waals surface area contributed by atoms with Gasteiger partial charge in [0.2, 0.25) is 0 Å². The van der Waals surface area contributed by atoms with Crippen LogP contribution >= 0.6 is 23.1 Å². The smallest absolute Gasteiger partial charge is 0.269 e. The number of pyridine rings is 1. The highest BCUT2D eigenvalue weighted by Crippen LogP contribution is 2.36. The van der Waals surface area contributed by atoms with E-state index in [2.05, 4.69) is 4.98 Å². The Morgan fingerprint density at radius 2 is 1.97 bits per heavy atom. The Morgan fingerprint density at radius 1 is 1.09 bits per heavy atom. The summed E-state index contributed by atoms with van der Waals surface area (Å²) in [7, 11) is 3.26. The lowest BCUT2D eigenvalue weighted by molar-refractivity contribution is -0.384. The third-order valence-electron chi connectivity index (χ3n) is 4.68. The van der Waals surface area contributed by atoms with Crippen LogP contribution in [0.3, 0.4) is 0 Å². The van der Waals surface area contributed by atoms with E-state index in [1.165, 1.54) is 29.2 Å². The molecule has 4 rings (SSSR count). The number of hydrogen-bond acceptors (Lipinski definition) is 8. The van der Waals surface area contributed by atoms with Crippen LogP contribution in [0.25, 0.3) is 21.8 Å². The first-order valence-electron chi connectivity index (χ1n) is 9.58. The molecular weight excluding hydrogens is 446 g/mol. The van der Waals surface area contributed by atoms with E-state index in [4.69, 9.17) is 14.5 Å². The summed E-state index contributed by atoms with van der Waals surface area (Å²) in [5.41, 5.74) is 3.60. The Labute approximate surface area is 193 Å². The molecule has 2 aromatic heterocycles. The Bertz CT molecular complexity index is 1260. The molecule has 7 nitrogen and oxygen atoms in total. The zero-order valence-corrected chi connectivity index (χ0v) is 19.0. The van der Waals surface area contributed by atoms with Gasteiger partial charge < -0.3 is 9.47 Å². The van der Waals surface area contributed by atoms with Gasteiger partial charge in [-0.3, -0.25) is 10.1 Å². The van der Waals surface area contributed by atoms with Crippen LogP contribution in [0.5, 0.6) is 11.5 Å². The van der Waals surface area contributed by atoms with E-state index >= 15 is 0 Å². The van der Waals surface area contributed by atoms with Gasteiger partial charge in [-0.1, -0.05) is 12.1 Å². The first kappa shape index (κ1) is 21.8. The Hall–Kier alpha value is -3.43. The molecule has 0 aliphatic heterocycles. The zero-order valence-electron chi connectivity index (χ0n) is 17.3. The highest BCUT2D eigenvalue weighted by molar-refractivity contribution is 7.98. The fourth-order valence-corrected chi connectivity index (χ4v) is 4.74. The molecule has 0 aliphatic rings. The topological polar surface area (TPSA) is 87.4 Å². The molecule has 0 atom stereocenters. The molecule has 0 bridgehead atoms. The van der Waals surface area contributed by atoms with Gasteiger partial charge in [-0.2, -0.15) is 0 Å². The normalized spacial score (nSPS) is 10.7. The van der Waals surface area contributed by atoms with Gasteiger partial charge in [0.15, 0.2) is 0 Å². The maximum absolute atomic E-state index is 11.0. The average molecular weight is 466 g/mol. The van der Waals surface area contributed by atoms with Crippen molar-refractivity contribution < 1.29 is 14.4 Å². The van der Waals surface area contributed by atoms with Gasteiger partial charge in [-0.25, -0.2) is 9.97 Å². The van der Waals surface area contributed by atoms with E-state index < -0.39 is 0 Å². The summed E-state index contributed by atoms with van der Waals surface area (Å²) in [6.45, 7) is 0. The molecule has 0 unspecified atom stereocenters. The van der Waals surface area contributed by atoms with E-state index in [9.17, 15) is 10.1 Å². The standard InChI is InChI=1S/C23H19N3O4S2/c1-29-18-6-7-21(30-2)19(12-18)20-14-32-23(25-20)16-8-9-24-22(11-16)31-13-15-4-3-5-17(10-15)26(27)28/h3-12,14H,13H2,1-2H3. The molecule has 0 saturated heterocycles. The van der Waals surface area contributed by atoms with Crippen molar-refractivity contribution in [2.75, 3.05) is 14.2 Å². The number of non-ortho nitro benzene ring substituents is 1. The minimum Gasteiger partial charge on any atom is -0.497 e. The number of nitro benzene ring substituents is 1. The van der Waals surface area contributed by atoms with Crippen molar-refractivity contribution in [3.05, 3.63) is 81.9 Å². The lowest BCUT2D eigenvalue weighted by atomic mass is 10.1. The summed E-state index contributed by atoms with van der Waals surface area (Å²) in [6, 6.07) is 16.2. The Morgan fingerprint density at radius 3 is 2.75 bits per heavy atom. The van der Waals surface area contributed by atoms with Gasteiger partial charge in [0, 0.05) is 40.6 Å². The summed E-state index contributed by atoms with van der Waals surface area (Å²) in [6.07, 6.45) is 1.75. The van der Waals surface area contributed by atoms with Crippen LogP contribution in [-0.2, 0) is 5.75 Å². The van der Waals surface area contributed by atoms with Crippen molar-refractivity contribution in [1.29, 1.82) is 0 Å². The summed E-state index contributed by atoms with van der Waals surface area (Å²) < 4.78 is 10.8. The third kappa shape index (κ3) is 4.90. The maximum Gasteiger partial charge on any atom is 0.269 e. The van der Waals surface area contributed by atoms with Gasteiger partial charge >= 0.3 is 0 Å². The number of aromatic nitrogens is 2. The van der Waals surface area contributed by atoms with Gasteiger partial charge in [0.05, 0.1) is 29.9 Å². The molecule has 0 aliphatic carbocycles. The number of ether oxygens (including phenoxy) is 2. The highest BCUT2D eigenvalue weighted by atomic mass is 32.2. The molecule has 0 radical (unpaired) electrons. The minimum atomic E-state index is -0.385. The number of benzene rings is 2. The SMILES string of the molecule is COc1ccc(OC)c(-c2csc(-c3ccnc(SCc4cccc([N+](=O)[O-])c4)c3)n2)c1. The second-order valence-electron chi connectivity index (χ2n) is 6.70. The van der Waals surface area contributed by atoms with Crippen LogP contribution in [0.1, 0.15) is 5.56 Å². The number of nitro groups is 1. The fourth-order valence-electron chi connectivity index (χ4n) is 3.08. The number of hydrogen-bond donors (Lipinski definition) is 0. The molecule has 2 heterocycles. The molecule has 0 spiro atoms. The largest absolute Gasteiger partial charge is 0.497 e. The first-order valence-corrected chi connectivity index (χ1v) is 11.4. The van der Waals surface area contributed by atoms with Crippen LogP contribution in [0.2, 0.25) is 0 Å². The van der Waals surface area contributed by atoms with Gasteiger partial charge in [-0.05, 0) is 35.9 Å².